The van der Waals surface area contributed by atoms with Gasteiger partial charge in [-0.2, -0.15) is 0 Å². The van der Waals surface area contributed by atoms with Crippen molar-refractivity contribution < 1.29 is 8.42 Å². The zero-order chi connectivity index (χ0) is 12.2. The van der Waals surface area contributed by atoms with Crippen LogP contribution in [0.25, 0.3) is 0 Å². The lowest BCUT2D eigenvalue weighted by molar-refractivity contribution is 0.447. The molecule has 5 heteroatoms. The predicted molar refractivity (Wildman–Crippen MR) is 66.8 cm³/mol. The Morgan fingerprint density at radius 3 is 2.69 bits per heavy atom. The van der Waals surface area contributed by atoms with Crippen molar-refractivity contribution in [2.45, 2.75) is 26.7 Å². The predicted octanol–water partition coefficient (Wildman–Crippen LogP) is 0.904. The summed E-state index contributed by atoms with van der Waals surface area (Å²) < 4.78 is 25.6. The minimum absolute atomic E-state index is 0.303. The highest BCUT2D eigenvalue weighted by atomic mass is 32.2. The molecule has 1 aliphatic heterocycles. The fraction of sp³-hybridized carbons (Fsp3) is 1.00. The van der Waals surface area contributed by atoms with Crippen LogP contribution in [0.3, 0.4) is 0 Å². The van der Waals surface area contributed by atoms with E-state index in [1.807, 2.05) is 7.05 Å². The van der Waals surface area contributed by atoms with Crippen molar-refractivity contribution in [3.63, 3.8) is 0 Å². The molecule has 1 unspecified atom stereocenters. The van der Waals surface area contributed by atoms with E-state index in [0.29, 0.717) is 30.7 Å². The van der Waals surface area contributed by atoms with Crippen molar-refractivity contribution in [3.05, 3.63) is 0 Å². The van der Waals surface area contributed by atoms with Gasteiger partial charge in [-0.1, -0.05) is 13.8 Å². The summed E-state index contributed by atoms with van der Waals surface area (Å²) in [6.07, 6.45) is 1.75. The largest absolute Gasteiger partial charge is 0.319 e. The van der Waals surface area contributed by atoms with Gasteiger partial charge in [0.15, 0.2) is 0 Å². The van der Waals surface area contributed by atoms with Crippen molar-refractivity contribution in [2.24, 2.45) is 11.8 Å². The maximum Gasteiger partial charge on any atom is 0.214 e. The minimum Gasteiger partial charge on any atom is -0.319 e. The topological polar surface area (TPSA) is 49.4 Å². The first-order valence-corrected chi connectivity index (χ1v) is 7.69. The van der Waals surface area contributed by atoms with Crippen LogP contribution < -0.4 is 5.32 Å². The Kier molecular flexibility index (Phi) is 5.21. The summed E-state index contributed by atoms with van der Waals surface area (Å²) in [6, 6.07) is 0. The summed E-state index contributed by atoms with van der Waals surface area (Å²) in [5.41, 5.74) is 0. The molecule has 0 aliphatic carbocycles. The molecule has 1 atom stereocenters. The third-order valence-corrected chi connectivity index (χ3v) is 4.96. The molecule has 0 spiro atoms. The number of nitrogens with zero attached hydrogens (tertiary/aromatic N) is 1. The number of rotatable bonds is 6. The molecule has 1 fully saturated rings. The second kappa shape index (κ2) is 5.98. The lowest BCUT2D eigenvalue weighted by Gasteiger charge is -2.17. The molecule has 0 aromatic rings. The maximum atomic E-state index is 12.0. The third kappa shape index (κ3) is 4.03. The first-order chi connectivity index (χ1) is 7.45. The van der Waals surface area contributed by atoms with Gasteiger partial charge in [0.05, 0.1) is 5.75 Å². The number of nitrogens with one attached hydrogen (secondary N) is 1. The van der Waals surface area contributed by atoms with Crippen molar-refractivity contribution in [2.75, 3.05) is 32.4 Å². The quantitative estimate of drug-likeness (QED) is 0.760. The maximum absolute atomic E-state index is 12.0. The molecule has 1 saturated heterocycles. The van der Waals surface area contributed by atoms with Crippen LogP contribution in [0, 0.1) is 11.8 Å². The van der Waals surface area contributed by atoms with Crippen LogP contribution >= 0.6 is 0 Å². The highest BCUT2D eigenvalue weighted by Crippen LogP contribution is 2.20. The lowest BCUT2D eigenvalue weighted by Crippen LogP contribution is -2.32. The Labute approximate surface area is 99.5 Å². The van der Waals surface area contributed by atoms with Crippen molar-refractivity contribution in [1.82, 2.24) is 9.62 Å². The van der Waals surface area contributed by atoms with Crippen LogP contribution in [0.1, 0.15) is 26.7 Å². The number of sulfonamides is 1. The van der Waals surface area contributed by atoms with Crippen LogP contribution in [0.15, 0.2) is 0 Å². The van der Waals surface area contributed by atoms with Gasteiger partial charge in [-0.25, -0.2) is 12.7 Å². The average molecular weight is 248 g/mol. The molecular formula is C11H24N2O2S. The Morgan fingerprint density at radius 2 is 2.12 bits per heavy atom. The van der Waals surface area contributed by atoms with Gasteiger partial charge in [-0.3, -0.25) is 0 Å². The van der Waals surface area contributed by atoms with Crippen LogP contribution in [-0.4, -0.2) is 45.2 Å². The molecule has 0 saturated carbocycles. The Hall–Kier alpha value is -0.130. The van der Waals surface area contributed by atoms with E-state index in [-0.39, 0.29) is 0 Å². The van der Waals surface area contributed by atoms with Gasteiger partial charge in [0, 0.05) is 13.1 Å². The molecule has 96 valence electrons. The van der Waals surface area contributed by atoms with Crippen molar-refractivity contribution in [1.29, 1.82) is 0 Å². The van der Waals surface area contributed by atoms with E-state index in [2.05, 4.69) is 19.2 Å². The van der Waals surface area contributed by atoms with E-state index in [1.165, 1.54) is 0 Å². The summed E-state index contributed by atoms with van der Waals surface area (Å²) in [6.45, 7) is 6.43. The molecule has 16 heavy (non-hydrogen) atoms. The van der Waals surface area contributed by atoms with E-state index in [4.69, 9.17) is 0 Å². The van der Waals surface area contributed by atoms with Gasteiger partial charge < -0.3 is 5.32 Å². The number of hydrogen-bond acceptors (Lipinski definition) is 3. The van der Waals surface area contributed by atoms with Gasteiger partial charge in [0.2, 0.25) is 10.0 Å². The summed E-state index contributed by atoms with van der Waals surface area (Å²) in [4.78, 5) is 0. The normalized spacial score (nSPS) is 23.1. The average Bonchev–Trinajstić information content (AvgIpc) is 2.65. The Balaban J connectivity index is 2.45. The van der Waals surface area contributed by atoms with Crippen LogP contribution in [0.5, 0.6) is 0 Å². The summed E-state index contributed by atoms with van der Waals surface area (Å²) >= 11 is 0. The second-order valence-corrected chi connectivity index (χ2v) is 7.16. The molecule has 0 radical (unpaired) electrons. The molecule has 1 aliphatic rings. The van der Waals surface area contributed by atoms with Gasteiger partial charge in [-0.05, 0) is 38.3 Å². The first kappa shape index (κ1) is 13.9. The van der Waals surface area contributed by atoms with Gasteiger partial charge >= 0.3 is 0 Å². The molecular weight excluding hydrogens is 224 g/mol. The van der Waals surface area contributed by atoms with Gasteiger partial charge in [-0.15, -0.1) is 0 Å². The summed E-state index contributed by atoms with van der Waals surface area (Å²) in [5.74, 6) is 1.24. The SMILES string of the molecule is CNCC1CCN(S(=O)(=O)CCC(C)C)C1. The molecule has 0 aromatic heterocycles. The van der Waals surface area contributed by atoms with E-state index in [0.717, 1.165) is 19.4 Å². The molecule has 1 heterocycles. The molecule has 1 N–H and O–H groups in total. The lowest BCUT2D eigenvalue weighted by atomic mass is 10.1. The monoisotopic (exact) mass is 248 g/mol. The summed E-state index contributed by atoms with van der Waals surface area (Å²) in [5, 5.41) is 3.11. The van der Waals surface area contributed by atoms with Gasteiger partial charge in [0.25, 0.3) is 0 Å². The molecule has 1 rings (SSSR count). The second-order valence-electron chi connectivity index (χ2n) is 5.07. The van der Waals surface area contributed by atoms with E-state index < -0.39 is 10.0 Å². The van der Waals surface area contributed by atoms with Gasteiger partial charge in [0.1, 0.15) is 0 Å². The van der Waals surface area contributed by atoms with E-state index in [9.17, 15) is 8.42 Å². The fourth-order valence-corrected chi connectivity index (χ4v) is 3.87. The zero-order valence-electron chi connectivity index (χ0n) is 10.6. The summed E-state index contributed by atoms with van der Waals surface area (Å²) in [7, 11) is -1.09. The van der Waals surface area contributed by atoms with E-state index >= 15 is 0 Å². The Bertz CT molecular complexity index is 301. The minimum atomic E-state index is -3.00. The third-order valence-electron chi connectivity index (χ3n) is 3.09. The highest BCUT2D eigenvalue weighted by molar-refractivity contribution is 7.89. The van der Waals surface area contributed by atoms with Crippen LogP contribution in [0.2, 0.25) is 0 Å². The number of hydrogen-bond donors (Lipinski definition) is 1. The van der Waals surface area contributed by atoms with Crippen LogP contribution in [0.4, 0.5) is 0 Å². The molecule has 0 amide bonds. The smallest absolute Gasteiger partial charge is 0.214 e. The Morgan fingerprint density at radius 1 is 1.44 bits per heavy atom. The highest BCUT2D eigenvalue weighted by Gasteiger charge is 2.30. The van der Waals surface area contributed by atoms with Crippen molar-refractivity contribution in [3.8, 4) is 0 Å². The van der Waals surface area contributed by atoms with Crippen molar-refractivity contribution >= 4 is 10.0 Å². The van der Waals surface area contributed by atoms with Crippen LogP contribution in [-0.2, 0) is 10.0 Å². The fourth-order valence-electron chi connectivity index (χ4n) is 2.02. The first-order valence-electron chi connectivity index (χ1n) is 6.08. The molecule has 0 aromatic carbocycles. The molecule has 4 nitrogen and oxygen atoms in total. The molecule has 0 bridgehead atoms. The van der Waals surface area contributed by atoms with E-state index in [1.54, 1.807) is 4.31 Å². The standard InChI is InChI=1S/C11H24N2O2S/c1-10(2)5-7-16(14,15)13-6-4-11(9-13)8-12-3/h10-12H,4-9H2,1-3H3. The zero-order valence-corrected chi connectivity index (χ0v) is 11.4.